The third-order valence-electron chi connectivity index (χ3n) is 7.02. The molecule has 1 aromatic heterocycles. The molecule has 0 spiro atoms. The minimum absolute atomic E-state index is 0. The smallest absolute Gasteiger partial charge is 0.273 e. The van der Waals surface area contributed by atoms with E-state index in [2.05, 4.69) is 140 Å². The minimum atomic E-state index is 0. The molecular weight excluding hydrogens is 551 g/mol. The van der Waals surface area contributed by atoms with E-state index in [9.17, 15) is 0 Å². The van der Waals surface area contributed by atoms with Gasteiger partial charge in [-0.15, -0.1) is 0 Å². The van der Waals surface area contributed by atoms with Gasteiger partial charge in [0.1, 0.15) is 23.8 Å². The summed E-state index contributed by atoms with van der Waals surface area (Å²) < 4.78 is 4.99. The molecule has 0 aliphatic rings. The number of rotatable bonds is 8. The maximum atomic E-state index is 2.50. The zero-order valence-electron chi connectivity index (χ0n) is 24.4. The zero-order valence-corrected chi connectivity index (χ0v) is 26.5. The van der Waals surface area contributed by atoms with E-state index >= 15 is 0 Å². The molecule has 0 aliphatic heterocycles. The van der Waals surface area contributed by atoms with Crippen LogP contribution in [0.2, 0.25) is 0 Å². The van der Waals surface area contributed by atoms with Crippen molar-refractivity contribution in [3.05, 3.63) is 88.5 Å². The number of aromatic nitrogens is 2. The van der Waals surface area contributed by atoms with Crippen molar-refractivity contribution >= 4 is 0 Å². The summed E-state index contributed by atoms with van der Waals surface area (Å²) in [6.45, 7) is 25.2. The predicted octanol–water partition coefficient (Wildman–Crippen LogP) is 6.32. The topological polar surface area (TPSA) is 8.81 Å². The quantitative estimate of drug-likeness (QED) is 0.163. The van der Waals surface area contributed by atoms with E-state index in [0.29, 0.717) is 23.7 Å². The van der Waals surface area contributed by atoms with Gasteiger partial charge in [-0.1, -0.05) is 103 Å². The molecule has 3 rings (SSSR count). The number of para-hydroxylation sites is 2. The van der Waals surface area contributed by atoms with Crippen molar-refractivity contribution in [3.8, 4) is 11.4 Å². The molecule has 1 heterocycles. The highest BCUT2D eigenvalue weighted by atomic mass is 127. The van der Waals surface area contributed by atoms with Crippen LogP contribution in [0, 0.1) is 0 Å². The van der Waals surface area contributed by atoms with Crippen molar-refractivity contribution in [1.82, 2.24) is 4.57 Å². The first-order valence-electron chi connectivity index (χ1n) is 13.5. The fraction of sp³-hybridized carbons (Fsp3) is 0.485. The lowest BCUT2D eigenvalue weighted by atomic mass is 9.91. The Bertz CT molecular complexity index is 1060. The Kier molecular flexibility index (Phi) is 10.6. The standard InChI is InChI=1S/C33H47N2.HI/c1-21(2)20-26(11)33-34(31-27(22(3)4)14-12-15-28(31)23(5)6)18-19-35(33)32-29(24(7)8)16-13-17-30(32)25(9)10;/h12-20,22-26H,1-11H3;1H/q+1;/p-1. The van der Waals surface area contributed by atoms with Gasteiger partial charge >= 0.3 is 0 Å². The molecule has 0 saturated carbocycles. The van der Waals surface area contributed by atoms with Gasteiger partial charge in [0.05, 0.1) is 5.92 Å². The highest BCUT2D eigenvalue weighted by Gasteiger charge is 2.31. The molecule has 0 aliphatic carbocycles. The maximum Gasteiger partial charge on any atom is 0.273 e. The van der Waals surface area contributed by atoms with E-state index in [1.165, 1.54) is 45.0 Å². The van der Waals surface area contributed by atoms with Gasteiger partial charge in [0.15, 0.2) is 0 Å². The van der Waals surface area contributed by atoms with Crippen molar-refractivity contribution in [3.63, 3.8) is 0 Å². The third-order valence-corrected chi connectivity index (χ3v) is 7.02. The fourth-order valence-electron chi connectivity index (χ4n) is 5.37. The summed E-state index contributed by atoms with van der Waals surface area (Å²) in [5.41, 5.74) is 9.69. The molecule has 0 amide bonds. The van der Waals surface area contributed by atoms with Gasteiger partial charge in [-0.2, -0.15) is 9.13 Å². The Hall–Kier alpha value is -1.88. The summed E-state index contributed by atoms with van der Waals surface area (Å²) in [5, 5.41) is 0. The van der Waals surface area contributed by atoms with Crippen molar-refractivity contribution in [1.29, 1.82) is 0 Å². The summed E-state index contributed by atoms with van der Waals surface area (Å²) in [4.78, 5) is 0. The second-order valence-electron chi connectivity index (χ2n) is 11.6. The number of imidazole rings is 1. The van der Waals surface area contributed by atoms with Gasteiger partial charge < -0.3 is 24.0 Å². The monoisotopic (exact) mass is 598 g/mol. The van der Waals surface area contributed by atoms with Crippen LogP contribution in [-0.2, 0) is 0 Å². The van der Waals surface area contributed by atoms with Gasteiger partial charge in [0.2, 0.25) is 0 Å². The van der Waals surface area contributed by atoms with Crippen LogP contribution in [0.25, 0.3) is 11.4 Å². The Morgan fingerprint density at radius 2 is 1.11 bits per heavy atom. The SMILES string of the molecule is CC(C)=CC(C)c1n(-c2c(C(C)C)cccc2C(C)C)cc[n+]1-c1c(C(C)C)cccc1C(C)C.[I-]. The molecule has 196 valence electrons. The first-order valence-corrected chi connectivity index (χ1v) is 13.5. The van der Waals surface area contributed by atoms with Gasteiger partial charge in [0.25, 0.3) is 5.82 Å². The molecule has 2 nitrogen and oxygen atoms in total. The number of nitrogens with zero attached hydrogens (tertiary/aromatic N) is 2. The number of hydrogen-bond donors (Lipinski definition) is 0. The van der Waals surface area contributed by atoms with Gasteiger partial charge in [-0.25, -0.2) is 0 Å². The number of benzene rings is 2. The second-order valence-corrected chi connectivity index (χ2v) is 11.6. The van der Waals surface area contributed by atoms with Crippen LogP contribution in [0.15, 0.2) is 60.4 Å². The summed E-state index contributed by atoms with van der Waals surface area (Å²) in [6, 6.07) is 13.7. The average molecular weight is 599 g/mol. The second kappa shape index (κ2) is 12.6. The van der Waals surface area contributed by atoms with E-state index < -0.39 is 0 Å². The van der Waals surface area contributed by atoms with Crippen LogP contribution in [0.3, 0.4) is 0 Å². The van der Waals surface area contributed by atoms with Gasteiger partial charge in [-0.3, -0.25) is 0 Å². The number of halogens is 1. The molecule has 3 aromatic rings. The third kappa shape index (κ3) is 6.15. The van der Waals surface area contributed by atoms with Gasteiger partial charge in [0, 0.05) is 22.3 Å². The molecule has 36 heavy (non-hydrogen) atoms. The van der Waals surface area contributed by atoms with Crippen LogP contribution in [0.5, 0.6) is 0 Å². The van der Waals surface area contributed by atoms with Gasteiger partial charge in [-0.05, 0) is 44.4 Å². The normalized spacial score (nSPS) is 12.4. The maximum absolute atomic E-state index is 2.50. The van der Waals surface area contributed by atoms with Crippen LogP contribution in [0.1, 0.15) is 134 Å². The Labute approximate surface area is 237 Å². The zero-order chi connectivity index (χ0) is 26.0. The molecule has 2 aromatic carbocycles. The largest absolute Gasteiger partial charge is 1.00 e. The summed E-state index contributed by atoms with van der Waals surface area (Å²) in [7, 11) is 0. The number of hydrogen-bond acceptors (Lipinski definition) is 0. The van der Waals surface area contributed by atoms with E-state index in [0.717, 1.165) is 0 Å². The molecule has 0 N–H and O–H groups in total. The van der Waals surface area contributed by atoms with Crippen molar-refractivity contribution in [2.24, 2.45) is 0 Å². The first kappa shape index (κ1) is 30.3. The lowest BCUT2D eigenvalue weighted by Crippen LogP contribution is -3.00. The molecule has 0 saturated heterocycles. The van der Waals surface area contributed by atoms with Crippen molar-refractivity contribution in [2.75, 3.05) is 0 Å². The molecular formula is C33H47IN2. The number of allylic oxidation sites excluding steroid dienone is 2. The van der Waals surface area contributed by atoms with E-state index in [4.69, 9.17) is 0 Å². The Morgan fingerprint density at radius 1 is 0.694 bits per heavy atom. The highest BCUT2D eigenvalue weighted by Crippen LogP contribution is 2.35. The Morgan fingerprint density at radius 3 is 1.50 bits per heavy atom. The molecule has 1 atom stereocenters. The lowest BCUT2D eigenvalue weighted by molar-refractivity contribution is -0.605. The van der Waals surface area contributed by atoms with Crippen LogP contribution < -0.4 is 28.5 Å². The molecule has 0 bridgehead atoms. The van der Waals surface area contributed by atoms with Crippen LogP contribution >= 0.6 is 0 Å². The molecule has 3 heteroatoms. The Balaban J connectivity index is 0.00000456. The highest BCUT2D eigenvalue weighted by molar-refractivity contribution is 5.52. The first-order chi connectivity index (χ1) is 16.5. The van der Waals surface area contributed by atoms with Crippen molar-refractivity contribution < 1.29 is 28.5 Å². The summed E-state index contributed by atoms with van der Waals surface area (Å²) in [5.74, 6) is 3.35. The summed E-state index contributed by atoms with van der Waals surface area (Å²) in [6.07, 6.45) is 7.01. The van der Waals surface area contributed by atoms with Crippen molar-refractivity contribution in [2.45, 2.75) is 106 Å². The minimum Gasteiger partial charge on any atom is -1.00 e. The van der Waals surface area contributed by atoms with Crippen LogP contribution in [-0.4, -0.2) is 4.57 Å². The van der Waals surface area contributed by atoms with E-state index in [1.807, 2.05) is 0 Å². The summed E-state index contributed by atoms with van der Waals surface area (Å²) >= 11 is 0. The van der Waals surface area contributed by atoms with E-state index in [1.54, 1.807) is 0 Å². The van der Waals surface area contributed by atoms with E-state index in [-0.39, 0.29) is 29.9 Å². The molecule has 0 radical (unpaired) electrons. The lowest BCUT2D eigenvalue weighted by Gasteiger charge is -2.21. The predicted molar refractivity (Wildman–Crippen MR) is 152 cm³/mol. The fourth-order valence-corrected chi connectivity index (χ4v) is 5.37. The molecule has 0 fully saturated rings. The molecule has 1 unspecified atom stereocenters. The average Bonchev–Trinajstić information content (AvgIpc) is 3.21. The van der Waals surface area contributed by atoms with Crippen LogP contribution in [0.4, 0.5) is 0 Å².